The van der Waals surface area contributed by atoms with Crippen molar-refractivity contribution in [2.75, 3.05) is 5.32 Å². The zero-order valence-corrected chi connectivity index (χ0v) is 21.5. The van der Waals surface area contributed by atoms with E-state index in [0.717, 1.165) is 37.7 Å². The smallest absolute Gasteiger partial charge is 0.263 e. The lowest BCUT2D eigenvalue weighted by Crippen LogP contribution is -2.26. The standard InChI is InChI=1S/C29H24N6OS/c1-17(32-28-27-23(13-8-14-30-27)33-18(2)34-28)24-15-20-9-7-12-22(25-16-31-19(3)37-25)26(20)29(36)35(24)21-10-5-4-6-11-21/h4-17H,1-3H3,(H,32,33,34)/t17-/m0/s1. The number of rotatable bonds is 5. The lowest BCUT2D eigenvalue weighted by molar-refractivity contribution is 0.773. The van der Waals surface area contributed by atoms with Gasteiger partial charge in [0.25, 0.3) is 5.56 Å². The quantitative estimate of drug-likeness (QED) is 0.299. The van der Waals surface area contributed by atoms with Gasteiger partial charge in [-0.1, -0.05) is 36.4 Å². The first-order valence-corrected chi connectivity index (χ1v) is 12.8. The molecule has 0 amide bonds. The van der Waals surface area contributed by atoms with Gasteiger partial charge in [0.15, 0.2) is 5.82 Å². The van der Waals surface area contributed by atoms with Crippen LogP contribution in [0.25, 0.3) is 37.9 Å². The van der Waals surface area contributed by atoms with Crippen molar-refractivity contribution in [3.05, 3.63) is 106 Å². The van der Waals surface area contributed by atoms with Crippen LogP contribution < -0.4 is 10.9 Å². The van der Waals surface area contributed by atoms with Gasteiger partial charge in [-0.3, -0.25) is 14.3 Å². The summed E-state index contributed by atoms with van der Waals surface area (Å²) < 4.78 is 1.79. The number of nitrogens with one attached hydrogen (secondary N) is 1. The number of benzene rings is 2. The number of anilines is 1. The molecule has 4 aromatic heterocycles. The van der Waals surface area contributed by atoms with E-state index in [1.54, 1.807) is 22.1 Å². The van der Waals surface area contributed by atoms with Crippen molar-refractivity contribution in [3.63, 3.8) is 0 Å². The molecule has 0 bridgehead atoms. The van der Waals surface area contributed by atoms with Gasteiger partial charge >= 0.3 is 0 Å². The molecule has 0 aliphatic carbocycles. The number of aryl methyl sites for hydroxylation is 2. The first kappa shape index (κ1) is 23.0. The number of para-hydroxylation sites is 1. The molecule has 0 saturated carbocycles. The summed E-state index contributed by atoms with van der Waals surface area (Å²) in [5, 5.41) is 6.03. The van der Waals surface area contributed by atoms with Crippen LogP contribution in [0.1, 0.15) is 29.5 Å². The van der Waals surface area contributed by atoms with E-state index in [0.29, 0.717) is 22.5 Å². The molecule has 0 aliphatic rings. The van der Waals surface area contributed by atoms with Crippen molar-refractivity contribution in [1.29, 1.82) is 0 Å². The summed E-state index contributed by atoms with van der Waals surface area (Å²) in [7, 11) is 0. The fourth-order valence-electron chi connectivity index (χ4n) is 4.70. The number of thiazole rings is 1. The Kier molecular flexibility index (Phi) is 5.73. The topological polar surface area (TPSA) is 85.6 Å². The summed E-state index contributed by atoms with van der Waals surface area (Å²) in [6.45, 7) is 5.87. The average Bonchev–Trinajstić information content (AvgIpc) is 3.34. The van der Waals surface area contributed by atoms with E-state index in [2.05, 4.69) is 31.3 Å². The van der Waals surface area contributed by atoms with Gasteiger partial charge < -0.3 is 5.32 Å². The Morgan fingerprint density at radius 2 is 1.78 bits per heavy atom. The Hall–Kier alpha value is -4.43. The minimum absolute atomic E-state index is 0.0733. The fourth-order valence-corrected chi connectivity index (χ4v) is 5.51. The Bertz CT molecular complexity index is 1830. The predicted molar refractivity (Wildman–Crippen MR) is 149 cm³/mol. The van der Waals surface area contributed by atoms with Crippen molar-refractivity contribution in [2.45, 2.75) is 26.8 Å². The highest BCUT2D eigenvalue weighted by molar-refractivity contribution is 7.15. The molecule has 6 rings (SSSR count). The maximum atomic E-state index is 14.3. The van der Waals surface area contributed by atoms with E-state index in [4.69, 9.17) is 0 Å². The van der Waals surface area contributed by atoms with Crippen LogP contribution in [0, 0.1) is 13.8 Å². The van der Waals surface area contributed by atoms with Gasteiger partial charge in [-0.05, 0) is 56.5 Å². The zero-order valence-electron chi connectivity index (χ0n) is 20.6. The van der Waals surface area contributed by atoms with Crippen molar-refractivity contribution in [1.82, 2.24) is 24.5 Å². The predicted octanol–water partition coefficient (Wildman–Crippen LogP) is 6.24. The maximum absolute atomic E-state index is 14.3. The first-order valence-electron chi connectivity index (χ1n) is 12.0. The van der Waals surface area contributed by atoms with Gasteiger partial charge in [-0.15, -0.1) is 11.3 Å². The van der Waals surface area contributed by atoms with Gasteiger partial charge in [-0.2, -0.15) is 0 Å². The minimum atomic E-state index is -0.258. The highest BCUT2D eigenvalue weighted by Crippen LogP contribution is 2.33. The molecule has 2 aromatic carbocycles. The third-order valence-electron chi connectivity index (χ3n) is 6.34. The van der Waals surface area contributed by atoms with Crippen LogP contribution in [0.2, 0.25) is 0 Å². The van der Waals surface area contributed by atoms with Crippen LogP contribution in [-0.4, -0.2) is 24.5 Å². The third kappa shape index (κ3) is 4.15. The first-order chi connectivity index (χ1) is 18.0. The number of hydrogen-bond donors (Lipinski definition) is 1. The van der Waals surface area contributed by atoms with Crippen LogP contribution >= 0.6 is 11.3 Å². The van der Waals surface area contributed by atoms with Crippen LogP contribution in [-0.2, 0) is 0 Å². The SMILES string of the molecule is Cc1nc(N[C@@H](C)c2cc3cccc(-c4cnc(C)s4)c3c(=O)n2-c2ccccc2)c2ncccc2n1. The molecule has 1 N–H and O–H groups in total. The second kappa shape index (κ2) is 9.22. The van der Waals surface area contributed by atoms with Crippen LogP contribution in [0.4, 0.5) is 5.82 Å². The molecule has 7 nitrogen and oxygen atoms in total. The van der Waals surface area contributed by atoms with Crippen LogP contribution in [0.5, 0.6) is 0 Å². The van der Waals surface area contributed by atoms with Gasteiger partial charge in [0.05, 0.1) is 26.8 Å². The summed E-state index contributed by atoms with van der Waals surface area (Å²) >= 11 is 1.59. The highest BCUT2D eigenvalue weighted by Gasteiger charge is 2.20. The molecule has 182 valence electrons. The molecular formula is C29H24N6OS. The highest BCUT2D eigenvalue weighted by atomic mass is 32.1. The van der Waals surface area contributed by atoms with Gasteiger partial charge in [-0.25, -0.2) is 15.0 Å². The molecule has 0 unspecified atom stereocenters. The average molecular weight is 505 g/mol. The number of hydrogen-bond acceptors (Lipinski definition) is 7. The van der Waals surface area contributed by atoms with E-state index in [1.807, 2.05) is 87.6 Å². The minimum Gasteiger partial charge on any atom is -0.360 e. The molecule has 0 aliphatic heterocycles. The molecule has 0 spiro atoms. The maximum Gasteiger partial charge on any atom is 0.263 e. The molecule has 8 heteroatoms. The summed E-state index contributed by atoms with van der Waals surface area (Å²) in [4.78, 5) is 33.3. The monoisotopic (exact) mass is 504 g/mol. The fraction of sp³-hybridized carbons (Fsp3) is 0.138. The zero-order chi connectivity index (χ0) is 25.5. The van der Waals surface area contributed by atoms with Gasteiger partial charge in [0, 0.05) is 29.3 Å². The van der Waals surface area contributed by atoms with Crippen LogP contribution in [0.3, 0.4) is 0 Å². The Morgan fingerprint density at radius 1 is 0.946 bits per heavy atom. The molecule has 6 aromatic rings. The largest absolute Gasteiger partial charge is 0.360 e. The summed E-state index contributed by atoms with van der Waals surface area (Å²) in [6.07, 6.45) is 3.57. The lowest BCUT2D eigenvalue weighted by Gasteiger charge is -2.22. The van der Waals surface area contributed by atoms with Crippen molar-refractivity contribution < 1.29 is 0 Å². The molecule has 1 atom stereocenters. The molecule has 0 saturated heterocycles. The van der Waals surface area contributed by atoms with Crippen LogP contribution in [0.15, 0.2) is 83.9 Å². The van der Waals surface area contributed by atoms with E-state index in [-0.39, 0.29) is 11.6 Å². The second-order valence-electron chi connectivity index (χ2n) is 8.92. The van der Waals surface area contributed by atoms with E-state index < -0.39 is 0 Å². The van der Waals surface area contributed by atoms with E-state index >= 15 is 0 Å². The second-order valence-corrected chi connectivity index (χ2v) is 10.2. The number of nitrogens with zero attached hydrogens (tertiary/aromatic N) is 5. The number of fused-ring (bicyclic) bond motifs is 2. The molecule has 37 heavy (non-hydrogen) atoms. The van der Waals surface area contributed by atoms with Crippen molar-refractivity contribution >= 4 is 39.0 Å². The number of pyridine rings is 2. The van der Waals surface area contributed by atoms with E-state index in [9.17, 15) is 4.79 Å². The lowest BCUT2D eigenvalue weighted by atomic mass is 10.0. The summed E-state index contributed by atoms with van der Waals surface area (Å²) in [5.74, 6) is 1.29. The van der Waals surface area contributed by atoms with Crippen molar-refractivity contribution in [2.24, 2.45) is 0 Å². The van der Waals surface area contributed by atoms with Gasteiger partial charge in [0.1, 0.15) is 11.3 Å². The molecular weight excluding hydrogens is 480 g/mol. The normalized spacial score (nSPS) is 12.2. The van der Waals surface area contributed by atoms with E-state index in [1.165, 1.54) is 0 Å². The third-order valence-corrected chi connectivity index (χ3v) is 7.29. The number of aromatic nitrogens is 5. The molecule has 0 fully saturated rings. The van der Waals surface area contributed by atoms with Crippen molar-refractivity contribution in [3.8, 4) is 16.1 Å². The Morgan fingerprint density at radius 3 is 2.57 bits per heavy atom. The Balaban J connectivity index is 1.57. The summed E-state index contributed by atoms with van der Waals surface area (Å²) in [6, 6.07) is 21.3. The van der Waals surface area contributed by atoms with Gasteiger partial charge in [0.2, 0.25) is 0 Å². The molecule has 4 heterocycles. The molecule has 0 radical (unpaired) electrons. The summed E-state index contributed by atoms with van der Waals surface area (Å²) in [5.41, 5.74) is 3.91. The Labute approximate surface area is 217 Å².